The molecule has 3 aromatic heterocycles. The first kappa shape index (κ1) is 12.1. The van der Waals surface area contributed by atoms with Gasteiger partial charge in [0.2, 0.25) is 5.82 Å². The Hall–Kier alpha value is -1.93. The lowest BCUT2D eigenvalue weighted by molar-refractivity contribution is -0.389. The van der Waals surface area contributed by atoms with Crippen molar-refractivity contribution < 1.29 is 4.92 Å². The third kappa shape index (κ3) is 2.08. The van der Waals surface area contributed by atoms with Gasteiger partial charge in [-0.15, -0.1) is 0 Å². The van der Waals surface area contributed by atoms with Gasteiger partial charge >= 0.3 is 5.82 Å². The largest absolute Gasteiger partial charge is 0.372 e. The lowest BCUT2D eigenvalue weighted by Gasteiger charge is -2.11. The summed E-state index contributed by atoms with van der Waals surface area (Å²) >= 11 is 2.97. The predicted molar refractivity (Wildman–Crippen MR) is 76.1 cm³/mol. The van der Waals surface area contributed by atoms with Crippen LogP contribution in [-0.2, 0) is 0 Å². The van der Waals surface area contributed by atoms with Gasteiger partial charge in [0.05, 0.1) is 6.04 Å². The number of anilines is 1. The van der Waals surface area contributed by atoms with Gasteiger partial charge in [-0.1, -0.05) is 11.3 Å². The van der Waals surface area contributed by atoms with Crippen LogP contribution in [0.1, 0.15) is 18.5 Å². The summed E-state index contributed by atoms with van der Waals surface area (Å²) in [7, 11) is 0. The van der Waals surface area contributed by atoms with Crippen LogP contribution in [0, 0.1) is 10.1 Å². The van der Waals surface area contributed by atoms with Gasteiger partial charge in [-0.3, -0.25) is 0 Å². The van der Waals surface area contributed by atoms with Crippen LogP contribution in [0.4, 0.5) is 11.6 Å². The highest BCUT2D eigenvalue weighted by Gasteiger charge is 2.24. The first-order valence-corrected chi connectivity index (χ1v) is 7.37. The van der Waals surface area contributed by atoms with E-state index in [4.69, 9.17) is 0 Å². The molecule has 3 aromatic rings. The highest BCUT2D eigenvalue weighted by Crippen LogP contribution is 2.31. The van der Waals surface area contributed by atoms with Gasteiger partial charge < -0.3 is 15.4 Å². The second-order valence-electron chi connectivity index (χ2n) is 4.02. The summed E-state index contributed by atoms with van der Waals surface area (Å²) in [5, 5.41) is 20.1. The summed E-state index contributed by atoms with van der Waals surface area (Å²) < 4.78 is 1.49. The van der Waals surface area contributed by atoms with Gasteiger partial charge in [-0.25, -0.2) is 0 Å². The molecule has 19 heavy (non-hydrogen) atoms. The highest BCUT2D eigenvalue weighted by molar-refractivity contribution is 7.15. The number of nitrogens with one attached hydrogen (secondary N) is 1. The molecule has 0 amide bonds. The van der Waals surface area contributed by atoms with Crippen molar-refractivity contribution in [2.45, 2.75) is 13.0 Å². The maximum atomic E-state index is 11.2. The topological polar surface area (TPSA) is 72.5 Å². The fourth-order valence-electron chi connectivity index (χ4n) is 1.85. The van der Waals surface area contributed by atoms with E-state index in [1.165, 1.54) is 15.7 Å². The van der Waals surface area contributed by atoms with Crippen molar-refractivity contribution in [1.82, 2.24) is 9.38 Å². The first-order valence-electron chi connectivity index (χ1n) is 5.55. The number of nitro groups is 1. The van der Waals surface area contributed by atoms with Crippen molar-refractivity contribution in [1.29, 1.82) is 0 Å². The van der Waals surface area contributed by atoms with Crippen molar-refractivity contribution in [3.05, 3.63) is 44.1 Å². The zero-order valence-electron chi connectivity index (χ0n) is 9.94. The molecule has 0 fully saturated rings. The molecule has 3 rings (SSSR count). The van der Waals surface area contributed by atoms with Crippen molar-refractivity contribution in [2.75, 3.05) is 5.32 Å². The molecular weight excluding hydrogens is 284 g/mol. The standard InChI is InChI=1S/C11H10N4O2S2/c1-7(8-2-4-18-6-8)12-9-10(15(16)17)14-3-5-19-11(14)13-9/h2-7,12H,1H3. The minimum atomic E-state index is -0.407. The molecule has 0 aliphatic rings. The van der Waals surface area contributed by atoms with Crippen LogP contribution in [0.15, 0.2) is 28.4 Å². The van der Waals surface area contributed by atoms with Gasteiger partial charge in [0, 0.05) is 5.38 Å². The number of fused-ring (bicyclic) bond motifs is 1. The van der Waals surface area contributed by atoms with E-state index in [1.807, 2.05) is 23.8 Å². The third-order valence-electron chi connectivity index (χ3n) is 2.81. The first-order chi connectivity index (χ1) is 9.16. The normalized spacial score (nSPS) is 12.7. The average molecular weight is 294 g/mol. The van der Waals surface area contributed by atoms with Crippen LogP contribution < -0.4 is 5.32 Å². The van der Waals surface area contributed by atoms with Gasteiger partial charge in [-0.2, -0.15) is 20.7 Å². The monoisotopic (exact) mass is 294 g/mol. The van der Waals surface area contributed by atoms with E-state index in [2.05, 4.69) is 10.3 Å². The smallest absolute Gasteiger partial charge is 0.358 e. The zero-order valence-corrected chi connectivity index (χ0v) is 11.6. The number of nitrogens with zero attached hydrogens (tertiary/aromatic N) is 3. The molecule has 0 aliphatic carbocycles. The van der Waals surface area contributed by atoms with E-state index >= 15 is 0 Å². The van der Waals surface area contributed by atoms with E-state index in [0.29, 0.717) is 10.8 Å². The highest BCUT2D eigenvalue weighted by atomic mass is 32.1. The molecule has 0 aromatic carbocycles. The lowest BCUT2D eigenvalue weighted by Crippen LogP contribution is -2.07. The molecule has 1 atom stereocenters. The number of aromatic nitrogens is 2. The minimum absolute atomic E-state index is 0.0154. The zero-order chi connectivity index (χ0) is 13.4. The van der Waals surface area contributed by atoms with Crippen LogP contribution in [0.2, 0.25) is 0 Å². The number of rotatable bonds is 4. The Balaban J connectivity index is 1.98. The molecule has 6 nitrogen and oxygen atoms in total. The third-order valence-corrected chi connectivity index (χ3v) is 4.26. The Labute approximate surface area is 116 Å². The molecule has 3 heterocycles. The second-order valence-corrected chi connectivity index (χ2v) is 5.67. The molecule has 0 aliphatic heterocycles. The van der Waals surface area contributed by atoms with Gasteiger partial charge in [-0.05, 0) is 34.2 Å². The van der Waals surface area contributed by atoms with Gasteiger partial charge in [0.25, 0.3) is 4.96 Å². The predicted octanol–water partition coefficient (Wildman–Crippen LogP) is 3.54. The summed E-state index contributed by atoms with van der Waals surface area (Å²) in [5.41, 5.74) is 1.09. The Kier molecular flexibility index (Phi) is 2.96. The molecule has 0 saturated heterocycles. The Morgan fingerprint density at radius 3 is 3.05 bits per heavy atom. The summed E-state index contributed by atoms with van der Waals surface area (Å²) in [6, 6.07) is 1.97. The number of hydrogen-bond acceptors (Lipinski definition) is 6. The summed E-state index contributed by atoms with van der Waals surface area (Å²) in [6.45, 7) is 1.96. The maximum absolute atomic E-state index is 11.2. The van der Waals surface area contributed by atoms with Crippen LogP contribution in [-0.4, -0.2) is 14.3 Å². The van der Waals surface area contributed by atoms with E-state index in [9.17, 15) is 10.1 Å². The number of imidazole rings is 1. The molecule has 0 bridgehead atoms. The Bertz CT molecular complexity index is 716. The van der Waals surface area contributed by atoms with Crippen LogP contribution in [0.3, 0.4) is 0 Å². The van der Waals surface area contributed by atoms with Gasteiger partial charge in [0.15, 0.2) is 0 Å². The van der Waals surface area contributed by atoms with Crippen molar-refractivity contribution in [3.63, 3.8) is 0 Å². The Morgan fingerprint density at radius 2 is 2.37 bits per heavy atom. The maximum Gasteiger partial charge on any atom is 0.372 e. The van der Waals surface area contributed by atoms with E-state index < -0.39 is 4.92 Å². The fraction of sp³-hybridized carbons (Fsp3) is 0.182. The van der Waals surface area contributed by atoms with Crippen molar-refractivity contribution >= 4 is 39.3 Å². The Morgan fingerprint density at radius 1 is 1.53 bits per heavy atom. The molecule has 0 saturated carbocycles. The molecular formula is C11H10N4O2S2. The molecule has 98 valence electrons. The van der Waals surface area contributed by atoms with Gasteiger partial charge in [0.1, 0.15) is 6.20 Å². The summed E-state index contributed by atoms with van der Waals surface area (Å²) in [6.07, 6.45) is 1.66. The summed E-state index contributed by atoms with van der Waals surface area (Å²) in [4.78, 5) is 15.7. The number of hydrogen-bond donors (Lipinski definition) is 1. The van der Waals surface area contributed by atoms with Crippen LogP contribution in [0.5, 0.6) is 0 Å². The van der Waals surface area contributed by atoms with Crippen LogP contribution in [0.25, 0.3) is 4.96 Å². The quantitative estimate of drug-likeness (QED) is 0.590. The SMILES string of the molecule is CC(Nc1nc2sccn2c1[N+](=O)[O-])c1ccsc1. The van der Waals surface area contributed by atoms with E-state index in [1.54, 1.807) is 22.9 Å². The molecule has 0 spiro atoms. The molecule has 8 heteroatoms. The average Bonchev–Trinajstić information content (AvgIpc) is 3.03. The molecule has 1 unspecified atom stereocenters. The van der Waals surface area contributed by atoms with Crippen LogP contribution >= 0.6 is 22.7 Å². The second kappa shape index (κ2) is 4.63. The van der Waals surface area contributed by atoms with E-state index in [0.717, 1.165) is 5.56 Å². The van der Waals surface area contributed by atoms with E-state index in [-0.39, 0.29) is 11.9 Å². The number of thiophene rings is 1. The van der Waals surface area contributed by atoms with Crippen molar-refractivity contribution in [2.24, 2.45) is 0 Å². The van der Waals surface area contributed by atoms with Crippen molar-refractivity contribution in [3.8, 4) is 0 Å². The molecule has 0 radical (unpaired) electrons. The lowest BCUT2D eigenvalue weighted by atomic mass is 10.2. The molecule has 1 N–H and O–H groups in total. The number of thiazole rings is 1. The fourth-order valence-corrected chi connectivity index (χ4v) is 3.32. The summed E-state index contributed by atoms with van der Waals surface area (Å²) in [5.74, 6) is 0.300. The minimum Gasteiger partial charge on any atom is -0.358 e.